The second-order valence-corrected chi connectivity index (χ2v) is 0.333. The molecule has 3 heteroatoms. The normalized spacial score (nSPS) is 3.60. The Balaban J connectivity index is -0.0000000200. The van der Waals surface area contributed by atoms with Gasteiger partial charge in [0, 0.05) is 20.4 Å². The van der Waals surface area contributed by atoms with E-state index in [-0.39, 0.29) is 20.4 Å². The van der Waals surface area contributed by atoms with Crippen LogP contribution in [0.25, 0.3) is 0 Å². The Morgan fingerprint density at radius 3 is 1.60 bits per heavy atom. The van der Waals surface area contributed by atoms with Crippen molar-refractivity contribution in [1.29, 1.82) is 0 Å². The summed E-state index contributed by atoms with van der Waals surface area (Å²) in [7, 11) is 0. The predicted molar refractivity (Wildman–Crippen MR) is 14.2 cm³/mol. The molecule has 0 heterocycles. The second kappa shape index (κ2) is 64.3. The molecule has 0 aromatic rings. The van der Waals surface area contributed by atoms with Crippen LogP contribution < -0.4 is 5.73 Å². The number of rotatable bonds is 0. The van der Waals surface area contributed by atoms with E-state index in [2.05, 4.69) is 0 Å². The van der Waals surface area contributed by atoms with Gasteiger partial charge in [0.25, 0.3) is 0 Å². The van der Waals surface area contributed by atoms with Crippen LogP contribution in [0.4, 0.5) is 0 Å². The van der Waals surface area contributed by atoms with Crippen LogP contribution in [-0.4, -0.2) is 0 Å². The van der Waals surface area contributed by atoms with Gasteiger partial charge in [-0.05, 0) is 0 Å². The molecule has 0 bridgehead atoms. The summed E-state index contributed by atoms with van der Waals surface area (Å²) in [5.74, 6) is 0. The van der Waals surface area contributed by atoms with Crippen LogP contribution in [0.15, 0.2) is 0 Å². The Hall–Kier alpha value is -0.378. The van der Waals surface area contributed by atoms with Crippen molar-refractivity contribution in [3.8, 4) is 0 Å². The van der Waals surface area contributed by atoms with Crippen molar-refractivity contribution in [2.45, 2.75) is 6.92 Å². The van der Waals surface area contributed by atoms with E-state index in [1.807, 2.05) is 0 Å². The van der Waals surface area contributed by atoms with Crippen molar-refractivity contribution in [1.82, 2.24) is 0 Å². The first kappa shape index (κ1) is 23.0. The van der Waals surface area contributed by atoms with Crippen molar-refractivity contribution in [2.75, 3.05) is 0 Å². The van der Waals surface area contributed by atoms with Gasteiger partial charge in [-0.3, -0.25) is 6.54 Å². The molecule has 5 heavy (non-hydrogen) atoms. The quantitative estimate of drug-likeness (QED) is 0.474. The molecule has 0 aliphatic carbocycles. The number of hydrogen-bond donors (Lipinski definition) is 1. The van der Waals surface area contributed by atoms with Gasteiger partial charge in [-0.15, -0.1) is 0 Å². The molecule has 0 aromatic carbocycles. The van der Waals surface area contributed by atoms with E-state index in [0.717, 1.165) is 0 Å². The topological polar surface area (TPSA) is 26.0 Å². The molecule has 0 aliphatic rings. The van der Waals surface area contributed by atoms with E-state index in [9.17, 15) is 0 Å². The summed E-state index contributed by atoms with van der Waals surface area (Å²) in [6.07, 6.45) is 0. The standard InChI is InChI=1S/C2H6N.Re.Rf/c1-2-3;;/h2H,3H2,1H3;;/q-1;;. The summed E-state index contributed by atoms with van der Waals surface area (Å²) >= 11 is 0. The molecule has 0 rings (SSSR count). The molecule has 0 aliphatic heterocycles. The van der Waals surface area contributed by atoms with Gasteiger partial charge in [-0.2, -0.15) is 6.92 Å². The summed E-state index contributed by atoms with van der Waals surface area (Å²) in [6.45, 7) is 3.28. The monoisotopic (exact) mass is 498 g/mol. The molecule has 1 nitrogen and oxygen atoms in total. The number of hydrogen-bond acceptors (Lipinski definition) is 1. The van der Waals surface area contributed by atoms with Gasteiger partial charge in [0.15, 0.2) is 0 Å². The Labute approximate surface area is 40.2 Å². The maximum Gasteiger partial charge on any atom is 0 e. The minimum Gasteiger partial charge on any atom is -0.484 e. The molecule has 0 saturated heterocycles. The molecule has 0 aromatic heterocycles. The Kier molecular flexibility index (Phi) is 296. The minimum absolute atomic E-state index is 0. The molecule has 29 valence electrons. The van der Waals surface area contributed by atoms with Crippen LogP contribution in [0.1, 0.15) is 6.92 Å². The fraction of sp³-hybridized carbons (Fsp3) is 0.500. The van der Waals surface area contributed by atoms with Crippen molar-refractivity contribution < 1.29 is 20.4 Å². The van der Waals surface area contributed by atoms with E-state index < -0.39 is 0 Å². The van der Waals surface area contributed by atoms with E-state index in [0.29, 0.717) is 0 Å². The van der Waals surface area contributed by atoms with E-state index >= 15 is 0 Å². The third-order valence-corrected chi connectivity index (χ3v) is 0. The largest absolute Gasteiger partial charge is 0.484 e. The van der Waals surface area contributed by atoms with Crippen LogP contribution in [0.5, 0.6) is 0 Å². The third-order valence-electron chi connectivity index (χ3n) is 0. The molecule has 0 fully saturated rings. The van der Waals surface area contributed by atoms with Gasteiger partial charge < -0.3 is 5.73 Å². The van der Waals surface area contributed by atoms with Crippen LogP contribution in [-0.2, 0) is 20.4 Å². The molecule has 0 saturated carbocycles. The predicted octanol–water partition coefficient (Wildman–Crippen LogP) is 0.124. The zero-order chi connectivity index (χ0) is 2.71. The molecule has 0 spiro atoms. The third kappa shape index (κ3) is 66.8. The smallest absolute Gasteiger partial charge is 0 e. The van der Waals surface area contributed by atoms with Crippen molar-refractivity contribution in [3.63, 3.8) is 0 Å². The van der Waals surface area contributed by atoms with Crippen LogP contribution in [0.3, 0.4) is 0 Å². The first-order valence-electron chi connectivity index (χ1n) is 0.911. The molecular weight excluding hydrogens is 491 g/mol. The second-order valence-electron chi connectivity index (χ2n) is 0.333. The summed E-state index contributed by atoms with van der Waals surface area (Å²) in [6, 6.07) is 0. The average Bonchev–Trinajstić information content (AvgIpc) is 0.918. The fourth-order valence-electron chi connectivity index (χ4n) is 0. The first-order valence-corrected chi connectivity index (χ1v) is 0.911. The molecule has 0 unspecified atom stereocenters. The van der Waals surface area contributed by atoms with Crippen molar-refractivity contribution in [3.05, 3.63) is 6.54 Å². The Morgan fingerprint density at radius 1 is 1.60 bits per heavy atom. The van der Waals surface area contributed by atoms with E-state index in [4.69, 9.17) is 5.73 Å². The first-order chi connectivity index (χ1) is 1.41. The van der Waals surface area contributed by atoms with Gasteiger partial charge in [-0.1, -0.05) is 0 Å². The maximum atomic E-state index is 4.72. The SMILES string of the molecule is C[CH-]N.[Re].[Rf]. The van der Waals surface area contributed by atoms with Crippen molar-refractivity contribution in [2.24, 2.45) is 5.73 Å². The summed E-state index contributed by atoms with van der Waals surface area (Å²) in [4.78, 5) is 0. The zero-order valence-electron chi connectivity index (χ0n) is 3.24. The fourth-order valence-corrected chi connectivity index (χ4v) is 0. The van der Waals surface area contributed by atoms with Gasteiger partial charge in [-0.25, -0.2) is 0 Å². The Morgan fingerprint density at radius 2 is 1.60 bits per heavy atom. The summed E-state index contributed by atoms with van der Waals surface area (Å²) < 4.78 is 0. The van der Waals surface area contributed by atoms with E-state index in [1.54, 1.807) is 6.92 Å². The van der Waals surface area contributed by atoms with Gasteiger partial charge in [0.1, 0.15) is 0 Å². The van der Waals surface area contributed by atoms with Gasteiger partial charge >= 0.3 is 0 Å². The Bertz CT molecular complexity index is 9.61. The van der Waals surface area contributed by atoms with Crippen LogP contribution >= 0.6 is 0 Å². The summed E-state index contributed by atoms with van der Waals surface area (Å²) in [5, 5.41) is 0. The van der Waals surface area contributed by atoms with Gasteiger partial charge in [0.2, 0.25) is 0 Å². The minimum atomic E-state index is 0. The van der Waals surface area contributed by atoms with E-state index in [1.165, 1.54) is 6.54 Å². The summed E-state index contributed by atoms with van der Waals surface area (Å²) in [5.41, 5.74) is 4.72. The number of nitrogens with two attached hydrogens (primary N) is 1. The molecule has 2 N–H and O–H groups in total. The molecule has 1 radical (unpaired) electrons. The molecule has 0 amide bonds. The van der Waals surface area contributed by atoms with Gasteiger partial charge in [0.05, 0.1) is 0 Å². The average molecular weight is 497 g/mol. The zero-order valence-corrected chi connectivity index (χ0v) is 12.4. The van der Waals surface area contributed by atoms with Crippen molar-refractivity contribution >= 4 is 0 Å². The maximum absolute atomic E-state index is 4.72. The molecule has 0 atom stereocenters. The molecular formula is C2H6NReRf-. The van der Waals surface area contributed by atoms with Crippen LogP contribution in [0, 0.1) is 6.54 Å². The van der Waals surface area contributed by atoms with Crippen LogP contribution in [0.2, 0.25) is 0 Å².